The van der Waals surface area contributed by atoms with Gasteiger partial charge in [-0.05, 0) is 6.04 Å². The van der Waals surface area contributed by atoms with Crippen LogP contribution in [0, 0.1) is 6.92 Å². The maximum absolute atomic E-state index is 5.09. The number of hydrogen-bond donors (Lipinski definition) is 0. The Morgan fingerprint density at radius 3 is 2.22 bits per heavy atom. The molecular formula is C6H15O2Si. The molecule has 0 aromatic carbocycles. The molecule has 0 aliphatic rings. The van der Waals surface area contributed by atoms with Crippen molar-refractivity contribution < 1.29 is 8.85 Å². The lowest BCUT2D eigenvalue weighted by molar-refractivity contribution is 0.276. The van der Waals surface area contributed by atoms with Gasteiger partial charge in [0.25, 0.3) is 0 Å². The van der Waals surface area contributed by atoms with E-state index in [1.807, 2.05) is 0 Å². The molecule has 0 saturated heterocycles. The van der Waals surface area contributed by atoms with E-state index in [4.69, 9.17) is 8.85 Å². The Hall–Kier alpha value is 0.137. The van der Waals surface area contributed by atoms with Gasteiger partial charge in [0, 0.05) is 14.2 Å². The van der Waals surface area contributed by atoms with Crippen molar-refractivity contribution in [3.05, 3.63) is 6.92 Å². The summed E-state index contributed by atoms with van der Waals surface area (Å²) in [5.41, 5.74) is 0. The highest BCUT2D eigenvalue weighted by Crippen LogP contribution is 2.00. The summed E-state index contributed by atoms with van der Waals surface area (Å²) in [4.78, 5) is 0. The maximum Gasteiger partial charge on any atom is 0.320 e. The van der Waals surface area contributed by atoms with Gasteiger partial charge in [-0.25, -0.2) is 0 Å². The van der Waals surface area contributed by atoms with Crippen molar-refractivity contribution in [2.24, 2.45) is 0 Å². The average Bonchev–Trinajstić information content (AvgIpc) is 1.91. The third-order valence-corrected chi connectivity index (χ3v) is 3.15. The first-order valence-corrected chi connectivity index (χ1v) is 4.96. The minimum atomic E-state index is -1.25. The van der Waals surface area contributed by atoms with Crippen molar-refractivity contribution in [2.45, 2.75) is 18.9 Å². The Kier molecular flexibility index (Phi) is 6.35. The van der Waals surface area contributed by atoms with Gasteiger partial charge in [0.15, 0.2) is 0 Å². The Morgan fingerprint density at radius 1 is 1.33 bits per heavy atom. The minimum absolute atomic E-state index is 0.982. The van der Waals surface area contributed by atoms with Crippen LogP contribution in [0.3, 0.4) is 0 Å². The van der Waals surface area contributed by atoms with Crippen molar-refractivity contribution in [1.29, 1.82) is 0 Å². The van der Waals surface area contributed by atoms with Gasteiger partial charge in [-0.1, -0.05) is 19.8 Å². The molecule has 0 aliphatic heterocycles. The normalized spacial score (nSPS) is 10.7. The van der Waals surface area contributed by atoms with Crippen LogP contribution in [0.1, 0.15) is 12.8 Å². The highest BCUT2D eigenvalue weighted by atomic mass is 28.3. The average molecular weight is 147 g/mol. The molecule has 0 rings (SSSR count). The largest absolute Gasteiger partial charge is 0.400 e. The molecule has 0 aromatic heterocycles. The number of hydrogen-bond acceptors (Lipinski definition) is 2. The SMILES string of the molecule is [CH2]CCC[SiH](OC)OC. The van der Waals surface area contributed by atoms with Gasteiger partial charge in [0.1, 0.15) is 0 Å². The molecule has 0 fully saturated rings. The lowest BCUT2D eigenvalue weighted by Crippen LogP contribution is -2.18. The van der Waals surface area contributed by atoms with Crippen LogP contribution in [0.25, 0.3) is 0 Å². The van der Waals surface area contributed by atoms with Crippen LogP contribution in [0.15, 0.2) is 0 Å². The van der Waals surface area contributed by atoms with E-state index < -0.39 is 9.28 Å². The fourth-order valence-electron chi connectivity index (χ4n) is 0.643. The molecular weight excluding hydrogens is 132 g/mol. The Bertz CT molecular complexity index is 55.0. The molecule has 0 bridgehead atoms. The first kappa shape index (κ1) is 9.14. The molecule has 3 heteroatoms. The number of rotatable bonds is 5. The van der Waals surface area contributed by atoms with Gasteiger partial charge in [0.05, 0.1) is 0 Å². The molecule has 0 amide bonds. The zero-order valence-corrected chi connectivity index (χ0v) is 7.38. The second-order valence-corrected chi connectivity index (χ2v) is 4.28. The van der Waals surface area contributed by atoms with E-state index in [0.29, 0.717) is 0 Å². The molecule has 0 atom stereocenters. The van der Waals surface area contributed by atoms with Gasteiger partial charge in [-0.3, -0.25) is 0 Å². The summed E-state index contributed by atoms with van der Waals surface area (Å²) in [5, 5.41) is 0. The van der Waals surface area contributed by atoms with Crippen LogP contribution in [0.5, 0.6) is 0 Å². The van der Waals surface area contributed by atoms with Gasteiger partial charge in [-0.15, -0.1) is 0 Å². The lowest BCUT2D eigenvalue weighted by Gasteiger charge is -2.08. The smallest absolute Gasteiger partial charge is 0.320 e. The highest BCUT2D eigenvalue weighted by molar-refractivity contribution is 6.44. The van der Waals surface area contributed by atoms with Gasteiger partial charge in [0.2, 0.25) is 0 Å². The second-order valence-electron chi connectivity index (χ2n) is 1.90. The third kappa shape index (κ3) is 4.63. The molecule has 0 saturated carbocycles. The molecule has 55 valence electrons. The van der Waals surface area contributed by atoms with Crippen LogP contribution in [-0.2, 0) is 8.85 Å². The first-order valence-electron chi connectivity index (χ1n) is 3.20. The van der Waals surface area contributed by atoms with E-state index in [2.05, 4.69) is 6.92 Å². The molecule has 0 aliphatic carbocycles. The van der Waals surface area contributed by atoms with Crippen LogP contribution >= 0.6 is 0 Å². The second kappa shape index (κ2) is 6.26. The summed E-state index contributed by atoms with van der Waals surface area (Å²) in [6.45, 7) is 3.74. The zero-order chi connectivity index (χ0) is 7.11. The lowest BCUT2D eigenvalue weighted by atomic mass is 10.4. The Morgan fingerprint density at radius 2 is 1.89 bits per heavy atom. The monoisotopic (exact) mass is 147 g/mol. The first-order chi connectivity index (χ1) is 4.35. The zero-order valence-electron chi connectivity index (χ0n) is 6.22. The molecule has 0 aromatic rings. The predicted molar refractivity (Wildman–Crippen MR) is 40.6 cm³/mol. The van der Waals surface area contributed by atoms with Crippen LogP contribution in [-0.4, -0.2) is 23.5 Å². The van der Waals surface area contributed by atoms with Crippen molar-refractivity contribution in [1.82, 2.24) is 0 Å². The Labute approximate surface area is 59.0 Å². The summed E-state index contributed by atoms with van der Waals surface area (Å²) in [7, 11) is 2.17. The van der Waals surface area contributed by atoms with Crippen molar-refractivity contribution in [3.63, 3.8) is 0 Å². The number of unbranched alkanes of at least 4 members (excludes halogenated alkanes) is 1. The molecule has 0 spiro atoms. The highest BCUT2D eigenvalue weighted by Gasteiger charge is 2.06. The van der Waals surface area contributed by atoms with E-state index in [1.54, 1.807) is 14.2 Å². The van der Waals surface area contributed by atoms with E-state index in [1.165, 1.54) is 0 Å². The summed E-state index contributed by atoms with van der Waals surface area (Å²) in [6.07, 6.45) is 2.11. The van der Waals surface area contributed by atoms with E-state index in [0.717, 1.165) is 18.9 Å². The molecule has 2 nitrogen and oxygen atoms in total. The van der Waals surface area contributed by atoms with Crippen molar-refractivity contribution in [3.8, 4) is 0 Å². The minimum Gasteiger partial charge on any atom is -0.400 e. The molecule has 1 radical (unpaired) electrons. The van der Waals surface area contributed by atoms with Gasteiger partial charge < -0.3 is 8.85 Å². The maximum atomic E-state index is 5.09. The van der Waals surface area contributed by atoms with Crippen molar-refractivity contribution in [2.75, 3.05) is 14.2 Å². The van der Waals surface area contributed by atoms with E-state index in [-0.39, 0.29) is 0 Å². The fourth-order valence-corrected chi connectivity index (χ4v) is 1.93. The fraction of sp³-hybridized carbons (Fsp3) is 0.833. The van der Waals surface area contributed by atoms with E-state index >= 15 is 0 Å². The van der Waals surface area contributed by atoms with Crippen LogP contribution in [0.4, 0.5) is 0 Å². The third-order valence-electron chi connectivity index (χ3n) is 1.22. The summed E-state index contributed by atoms with van der Waals surface area (Å²) in [5.74, 6) is 0. The van der Waals surface area contributed by atoms with Crippen LogP contribution in [0.2, 0.25) is 6.04 Å². The Balaban J connectivity index is 3.09. The van der Waals surface area contributed by atoms with Gasteiger partial charge in [-0.2, -0.15) is 0 Å². The molecule has 9 heavy (non-hydrogen) atoms. The van der Waals surface area contributed by atoms with E-state index in [9.17, 15) is 0 Å². The summed E-state index contributed by atoms with van der Waals surface area (Å²) >= 11 is 0. The molecule has 0 unspecified atom stereocenters. The topological polar surface area (TPSA) is 18.5 Å². The molecule has 0 heterocycles. The van der Waals surface area contributed by atoms with Crippen LogP contribution < -0.4 is 0 Å². The molecule has 0 N–H and O–H groups in total. The van der Waals surface area contributed by atoms with Crippen molar-refractivity contribution >= 4 is 9.28 Å². The quantitative estimate of drug-likeness (QED) is 0.542. The standard InChI is InChI=1S/C6H15O2Si/c1-4-5-6-9(7-2)8-3/h9H,1,4-6H2,2-3H3. The summed E-state index contributed by atoms with van der Waals surface area (Å²) < 4.78 is 10.2. The van der Waals surface area contributed by atoms with Gasteiger partial charge >= 0.3 is 9.28 Å². The predicted octanol–water partition coefficient (Wildman–Crippen LogP) is 1.11. The summed E-state index contributed by atoms with van der Waals surface area (Å²) in [6, 6.07) is 1.08.